The van der Waals surface area contributed by atoms with Crippen LogP contribution in [0.1, 0.15) is 23.5 Å². The summed E-state index contributed by atoms with van der Waals surface area (Å²) in [5.41, 5.74) is 0.640. The standard InChI is InChI=1S/C24H23ClFN5O6S/c1-2-36-23(34)16-14(10-30-7-8-31-15(11-37-24(31)35)19(30)22(32)33)28-20(21-27-6-9-38-21)29-18(16)12-4-3-5-13(26)17(12)25/h3-6,9,15,18-19H,2,7-8,10-11H2,1H3,(H,28,29)(H,32,33)/t15-,18+,19?/m1/s1. The van der Waals surface area contributed by atoms with Gasteiger partial charge in [0.05, 0.1) is 23.2 Å². The molecule has 14 heteroatoms. The second-order valence-electron chi connectivity index (χ2n) is 8.69. The van der Waals surface area contributed by atoms with E-state index in [4.69, 9.17) is 21.1 Å². The topological polar surface area (TPSA) is 134 Å². The molecule has 4 heterocycles. The zero-order valence-corrected chi connectivity index (χ0v) is 21.7. The summed E-state index contributed by atoms with van der Waals surface area (Å²) in [6.45, 7) is 2.09. The number of ether oxygens (including phenoxy) is 2. The Labute approximate surface area is 225 Å². The third kappa shape index (κ3) is 4.72. The Morgan fingerprint density at radius 2 is 2.18 bits per heavy atom. The van der Waals surface area contributed by atoms with Gasteiger partial charge in [-0.2, -0.15) is 0 Å². The lowest BCUT2D eigenvalue weighted by atomic mass is 9.94. The van der Waals surface area contributed by atoms with Crippen molar-refractivity contribution in [1.29, 1.82) is 0 Å². The number of rotatable bonds is 7. The van der Waals surface area contributed by atoms with Gasteiger partial charge in [-0.1, -0.05) is 23.7 Å². The van der Waals surface area contributed by atoms with E-state index >= 15 is 0 Å². The molecule has 3 aliphatic rings. The van der Waals surface area contributed by atoms with Crippen molar-refractivity contribution in [3.05, 3.63) is 62.5 Å². The molecule has 1 amide bonds. The summed E-state index contributed by atoms with van der Waals surface area (Å²) in [5, 5.41) is 15.3. The number of piperazine rings is 1. The van der Waals surface area contributed by atoms with Crippen LogP contribution in [0.15, 0.2) is 46.0 Å². The Kier molecular flexibility index (Phi) is 7.32. The molecule has 2 saturated heterocycles. The molecule has 3 atom stereocenters. The number of esters is 1. The second-order valence-corrected chi connectivity index (χ2v) is 9.96. The van der Waals surface area contributed by atoms with Crippen molar-refractivity contribution in [2.45, 2.75) is 25.0 Å². The maximum Gasteiger partial charge on any atom is 0.410 e. The highest BCUT2D eigenvalue weighted by molar-refractivity contribution is 7.11. The van der Waals surface area contributed by atoms with Gasteiger partial charge in [-0.05, 0) is 13.0 Å². The minimum atomic E-state index is -1.13. The van der Waals surface area contributed by atoms with Gasteiger partial charge >= 0.3 is 18.0 Å². The van der Waals surface area contributed by atoms with Crippen molar-refractivity contribution >= 4 is 46.8 Å². The molecule has 11 nitrogen and oxygen atoms in total. The molecule has 0 saturated carbocycles. The van der Waals surface area contributed by atoms with E-state index in [1.807, 2.05) is 0 Å². The molecule has 0 aliphatic carbocycles. The quantitative estimate of drug-likeness (QED) is 0.487. The number of hydrogen-bond acceptors (Lipinski definition) is 10. The average molecular weight is 564 g/mol. The molecular formula is C24H23ClFN5O6S. The number of amides is 1. The van der Waals surface area contributed by atoms with E-state index in [1.54, 1.807) is 29.5 Å². The van der Waals surface area contributed by atoms with Gasteiger partial charge in [0, 0.05) is 42.5 Å². The number of thiazole rings is 1. The number of aromatic nitrogens is 1. The maximum atomic E-state index is 14.5. The van der Waals surface area contributed by atoms with Crippen molar-refractivity contribution in [3.63, 3.8) is 0 Å². The number of carboxylic acid groups (broad SMARTS) is 1. The van der Waals surface area contributed by atoms with Gasteiger partial charge in [-0.15, -0.1) is 11.3 Å². The van der Waals surface area contributed by atoms with Crippen LogP contribution >= 0.6 is 22.9 Å². The summed E-state index contributed by atoms with van der Waals surface area (Å²) >= 11 is 7.63. The van der Waals surface area contributed by atoms with Gasteiger partial charge < -0.3 is 19.9 Å². The molecule has 0 bridgehead atoms. The van der Waals surface area contributed by atoms with Crippen LogP contribution < -0.4 is 5.32 Å². The average Bonchev–Trinajstić information content (AvgIpc) is 3.55. The van der Waals surface area contributed by atoms with Crippen LogP contribution in [-0.4, -0.2) is 88.7 Å². The first-order chi connectivity index (χ1) is 18.3. The fourth-order valence-electron chi connectivity index (χ4n) is 4.88. The van der Waals surface area contributed by atoms with Gasteiger partial charge in [0.1, 0.15) is 24.5 Å². The third-order valence-corrected chi connectivity index (χ3v) is 7.72. The number of nitrogens with one attached hydrogen (secondary N) is 1. The molecule has 1 aromatic carbocycles. The van der Waals surface area contributed by atoms with E-state index in [9.17, 15) is 23.9 Å². The zero-order valence-electron chi connectivity index (χ0n) is 20.1. The monoisotopic (exact) mass is 563 g/mol. The number of halogens is 2. The molecule has 38 heavy (non-hydrogen) atoms. The Morgan fingerprint density at radius 3 is 2.89 bits per heavy atom. The van der Waals surface area contributed by atoms with E-state index in [0.717, 1.165) is 0 Å². The lowest BCUT2D eigenvalue weighted by Gasteiger charge is -2.41. The van der Waals surface area contributed by atoms with Gasteiger partial charge in [0.15, 0.2) is 10.8 Å². The van der Waals surface area contributed by atoms with E-state index < -0.39 is 42.0 Å². The fraction of sp³-hybridized carbons (Fsp3) is 0.375. The Hall–Kier alpha value is -3.55. The molecule has 1 unspecified atom stereocenters. The first-order valence-corrected chi connectivity index (χ1v) is 13.0. The highest BCUT2D eigenvalue weighted by atomic mass is 35.5. The number of nitrogens with zero attached hydrogens (tertiary/aromatic N) is 4. The molecule has 3 aliphatic heterocycles. The normalized spacial score (nSPS) is 23.4. The summed E-state index contributed by atoms with van der Waals surface area (Å²) in [6.07, 6.45) is 1.04. The second kappa shape index (κ2) is 10.7. The number of cyclic esters (lactones) is 1. The number of amidine groups is 1. The smallest absolute Gasteiger partial charge is 0.410 e. The summed E-state index contributed by atoms with van der Waals surface area (Å²) in [4.78, 5) is 49.8. The number of benzene rings is 1. The van der Waals surface area contributed by atoms with Gasteiger partial charge in [0.2, 0.25) is 0 Å². The van der Waals surface area contributed by atoms with E-state index in [0.29, 0.717) is 16.5 Å². The van der Waals surface area contributed by atoms with Crippen LogP contribution in [-0.2, 0) is 19.1 Å². The number of carbonyl (C=O) groups excluding carboxylic acids is 2. The molecule has 2 aromatic rings. The molecule has 1 aromatic heterocycles. The first-order valence-electron chi connectivity index (χ1n) is 11.8. The van der Waals surface area contributed by atoms with Crippen LogP contribution in [0.5, 0.6) is 0 Å². The minimum Gasteiger partial charge on any atom is -0.480 e. The Balaban J connectivity index is 1.61. The molecule has 2 fully saturated rings. The summed E-state index contributed by atoms with van der Waals surface area (Å²) in [7, 11) is 0. The number of fused-ring (bicyclic) bond motifs is 1. The maximum absolute atomic E-state index is 14.5. The summed E-state index contributed by atoms with van der Waals surface area (Å²) in [6, 6.07) is 1.41. The van der Waals surface area contributed by atoms with Gasteiger partial charge in [-0.25, -0.2) is 19.0 Å². The fourth-order valence-corrected chi connectivity index (χ4v) is 5.70. The van der Waals surface area contributed by atoms with E-state index in [2.05, 4.69) is 15.3 Å². The van der Waals surface area contributed by atoms with E-state index in [-0.39, 0.29) is 49.0 Å². The van der Waals surface area contributed by atoms with Crippen molar-refractivity contribution < 1.29 is 33.4 Å². The summed E-state index contributed by atoms with van der Waals surface area (Å²) < 4.78 is 24.9. The molecule has 0 radical (unpaired) electrons. The van der Waals surface area contributed by atoms with Crippen molar-refractivity contribution in [3.8, 4) is 0 Å². The van der Waals surface area contributed by atoms with Gasteiger partial charge in [0.25, 0.3) is 0 Å². The van der Waals surface area contributed by atoms with Crippen molar-refractivity contribution in [2.24, 2.45) is 4.99 Å². The Bertz CT molecular complexity index is 1340. The van der Waals surface area contributed by atoms with Crippen LogP contribution in [0.25, 0.3) is 0 Å². The van der Waals surface area contributed by atoms with Crippen LogP contribution in [0, 0.1) is 5.82 Å². The number of aliphatic imine (C=N–C) groups is 1. The summed E-state index contributed by atoms with van der Waals surface area (Å²) in [5.74, 6) is -2.19. The minimum absolute atomic E-state index is 0.0303. The molecule has 5 rings (SSSR count). The van der Waals surface area contributed by atoms with Crippen LogP contribution in [0.4, 0.5) is 9.18 Å². The first kappa shape index (κ1) is 26.1. The number of hydrogen-bond donors (Lipinski definition) is 2. The van der Waals surface area contributed by atoms with Crippen molar-refractivity contribution in [2.75, 3.05) is 32.8 Å². The third-order valence-electron chi connectivity index (χ3n) is 6.54. The Morgan fingerprint density at radius 1 is 1.37 bits per heavy atom. The number of carbonyl (C=O) groups is 3. The highest BCUT2D eigenvalue weighted by Gasteiger charge is 2.48. The predicted molar refractivity (Wildman–Crippen MR) is 134 cm³/mol. The zero-order chi connectivity index (χ0) is 27.0. The number of aliphatic carboxylic acids is 1. The largest absolute Gasteiger partial charge is 0.480 e. The highest BCUT2D eigenvalue weighted by Crippen LogP contribution is 2.38. The van der Waals surface area contributed by atoms with Gasteiger partial charge in [-0.3, -0.25) is 19.6 Å². The van der Waals surface area contributed by atoms with Crippen molar-refractivity contribution in [1.82, 2.24) is 20.1 Å². The lowest BCUT2D eigenvalue weighted by Crippen LogP contribution is -2.62. The molecule has 2 N–H and O–H groups in total. The number of carboxylic acids is 1. The molecular weight excluding hydrogens is 541 g/mol. The lowest BCUT2D eigenvalue weighted by molar-refractivity contribution is -0.147. The predicted octanol–water partition coefficient (Wildman–Crippen LogP) is 2.43. The van der Waals surface area contributed by atoms with Crippen LogP contribution in [0.3, 0.4) is 0 Å². The molecule has 0 spiro atoms. The van der Waals surface area contributed by atoms with E-state index in [1.165, 1.54) is 28.4 Å². The van der Waals surface area contributed by atoms with Crippen LogP contribution in [0.2, 0.25) is 5.02 Å². The molecule has 200 valence electrons. The SMILES string of the molecule is CCOC(=O)C1=C(CN2CCN3C(=O)OC[C@@H]3C2C(=O)O)NC(c2nccs2)=N[C@H]1c1cccc(F)c1Cl.